The van der Waals surface area contributed by atoms with Crippen molar-refractivity contribution in [2.75, 3.05) is 26.2 Å². The zero-order valence-electron chi connectivity index (χ0n) is 15.6. The van der Waals surface area contributed by atoms with Gasteiger partial charge in [-0.1, -0.05) is 29.8 Å². The fraction of sp³-hybridized carbons (Fsp3) is 0.333. The van der Waals surface area contributed by atoms with Crippen molar-refractivity contribution in [2.45, 2.75) is 19.8 Å². The third-order valence-electron chi connectivity index (χ3n) is 4.93. The predicted octanol–water partition coefficient (Wildman–Crippen LogP) is 3.33. The molecule has 4 nitrogen and oxygen atoms in total. The molecule has 7 heteroatoms. The van der Waals surface area contributed by atoms with Crippen LogP contribution in [0.3, 0.4) is 0 Å². The number of halogens is 3. The number of nitrogens with zero attached hydrogens (tertiary/aromatic N) is 2. The lowest BCUT2D eigenvalue weighted by Crippen LogP contribution is -2.50. The predicted molar refractivity (Wildman–Crippen MR) is 98.3 cm³/mol. The molecule has 2 aromatic rings. The van der Waals surface area contributed by atoms with Crippen LogP contribution in [0, 0.1) is 24.4 Å². The molecular formula is C21H21F3N2O2. The molecular weight excluding hydrogens is 369 g/mol. The van der Waals surface area contributed by atoms with Gasteiger partial charge in [0, 0.05) is 32.6 Å². The summed E-state index contributed by atoms with van der Waals surface area (Å²) < 4.78 is 40.2. The van der Waals surface area contributed by atoms with Crippen molar-refractivity contribution in [3.8, 4) is 0 Å². The van der Waals surface area contributed by atoms with Crippen molar-refractivity contribution < 1.29 is 22.8 Å². The summed E-state index contributed by atoms with van der Waals surface area (Å²) in [5, 5.41) is 0. The number of carbonyl (C=O) groups is 2. The molecule has 1 saturated heterocycles. The van der Waals surface area contributed by atoms with Gasteiger partial charge in [-0.25, -0.2) is 13.2 Å². The van der Waals surface area contributed by atoms with E-state index in [1.165, 1.54) is 4.90 Å². The van der Waals surface area contributed by atoms with Crippen LogP contribution in [0.25, 0.3) is 0 Å². The van der Waals surface area contributed by atoms with Crippen molar-refractivity contribution >= 4 is 11.8 Å². The molecule has 0 radical (unpaired) electrons. The van der Waals surface area contributed by atoms with E-state index in [-0.39, 0.29) is 19.0 Å². The minimum atomic E-state index is -1.66. The Bertz CT molecular complexity index is 876. The maximum absolute atomic E-state index is 13.8. The van der Waals surface area contributed by atoms with E-state index in [1.807, 2.05) is 31.2 Å². The average molecular weight is 390 g/mol. The SMILES string of the molecule is Cc1ccc(CCC(=O)N2CCN(C(=O)c3ccc(F)c(F)c3F)CC2)cc1. The molecule has 0 spiro atoms. The Kier molecular flexibility index (Phi) is 6.02. The highest BCUT2D eigenvalue weighted by atomic mass is 19.2. The third-order valence-corrected chi connectivity index (χ3v) is 4.93. The number of benzene rings is 2. The van der Waals surface area contributed by atoms with Gasteiger partial charge >= 0.3 is 0 Å². The molecule has 1 aliphatic rings. The zero-order chi connectivity index (χ0) is 20.3. The highest BCUT2D eigenvalue weighted by molar-refractivity contribution is 5.94. The van der Waals surface area contributed by atoms with Crippen LogP contribution in [0.2, 0.25) is 0 Å². The second-order valence-corrected chi connectivity index (χ2v) is 6.88. The van der Waals surface area contributed by atoms with Crippen molar-refractivity contribution in [3.05, 3.63) is 70.5 Å². The second kappa shape index (κ2) is 8.46. The van der Waals surface area contributed by atoms with E-state index in [9.17, 15) is 22.8 Å². The number of hydrogen-bond acceptors (Lipinski definition) is 2. The van der Waals surface area contributed by atoms with Crippen molar-refractivity contribution in [3.63, 3.8) is 0 Å². The number of rotatable bonds is 4. The second-order valence-electron chi connectivity index (χ2n) is 6.88. The van der Waals surface area contributed by atoms with Crippen LogP contribution in [0.1, 0.15) is 27.9 Å². The van der Waals surface area contributed by atoms with Crippen LogP contribution in [-0.2, 0) is 11.2 Å². The van der Waals surface area contributed by atoms with E-state index in [1.54, 1.807) is 4.90 Å². The van der Waals surface area contributed by atoms with Crippen LogP contribution in [0.4, 0.5) is 13.2 Å². The van der Waals surface area contributed by atoms with E-state index < -0.39 is 28.9 Å². The Morgan fingerprint density at radius 1 is 0.857 bits per heavy atom. The van der Waals surface area contributed by atoms with E-state index in [4.69, 9.17) is 0 Å². The minimum absolute atomic E-state index is 0.00770. The van der Waals surface area contributed by atoms with Crippen LogP contribution >= 0.6 is 0 Å². The molecule has 3 rings (SSSR count). The molecule has 2 aromatic carbocycles. The lowest BCUT2D eigenvalue weighted by Gasteiger charge is -2.35. The van der Waals surface area contributed by atoms with Crippen LogP contribution in [-0.4, -0.2) is 47.8 Å². The van der Waals surface area contributed by atoms with Gasteiger partial charge in [0.15, 0.2) is 17.5 Å². The van der Waals surface area contributed by atoms with Crippen LogP contribution in [0.5, 0.6) is 0 Å². The number of amides is 2. The van der Waals surface area contributed by atoms with Gasteiger partial charge in [-0.2, -0.15) is 0 Å². The smallest absolute Gasteiger partial charge is 0.257 e. The minimum Gasteiger partial charge on any atom is -0.339 e. The van der Waals surface area contributed by atoms with Crippen molar-refractivity contribution in [1.29, 1.82) is 0 Å². The average Bonchev–Trinajstić information content (AvgIpc) is 2.71. The molecule has 0 aliphatic carbocycles. The Hall–Kier alpha value is -2.83. The largest absolute Gasteiger partial charge is 0.339 e. The quantitative estimate of drug-likeness (QED) is 0.752. The summed E-state index contributed by atoms with van der Waals surface area (Å²) in [6.45, 7) is 3.08. The Labute approximate surface area is 161 Å². The molecule has 0 saturated carbocycles. The molecule has 1 fully saturated rings. The highest BCUT2D eigenvalue weighted by Crippen LogP contribution is 2.18. The maximum atomic E-state index is 13.8. The lowest BCUT2D eigenvalue weighted by atomic mass is 10.1. The first kappa shape index (κ1) is 19.9. The molecule has 28 heavy (non-hydrogen) atoms. The number of piperazine rings is 1. The molecule has 0 unspecified atom stereocenters. The summed E-state index contributed by atoms with van der Waals surface area (Å²) in [5.74, 6) is -5.19. The molecule has 0 aromatic heterocycles. The summed E-state index contributed by atoms with van der Waals surface area (Å²) in [7, 11) is 0. The monoisotopic (exact) mass is 390 g/mol. The van der Waals surface area contributed by atoms with Gasteiger partial charge in [0.1, 0.15) is 0 Å². The fourth-order valence-corrected chi connectivity index (χ4v) is 3.18. The summed E-state index contributed by atoms with van der Waals surface area (Å²) in [6.07, 6.45) is 1.01. The number of hydrogen-bond donors (Lipinski definition) is 0. The first-order valence-electron chi connectivity index (χ1n) is 9.13. The van der Waals surface area contributed by atoms with Crippen molar-refractivity contribution in [2.24, 2.45) is 0 Å². The van der Waals surface area contributed by atoms with Gasteiger partial charge in [0.05, 0.1) is 5.56 Å². The number of aryl methyl sites for hydroxylation is 2. The first-order valence-corrected chi connectivity index (χ1v) is 9.13. The Morgan fingerprint density at radius 2 is 1.46 bits per heavy atom. The standard InChI is InChI=1S/C21H21F3N2O2/c1-14-2-4-15(5-3-14)6-9-18(27)25-10-12-26(13-11-25)21(28)16-7-8-17(22)20(24)19(16)23/h2-5,7-8H,6,9-13H2,1H3. The molecule has 148 valence electrons. The summed E-state index contributed by atoms with van der Waals surface area (Å²) in [5.41, 5.74) is 1.74. The van der Waals surface area contributed by atoms with Crippen LogP contribution in [0.15, 0.2) is 36.4 Å². The Balaban J connectivity index is 1.53. The van der Waals surface area contributed by atoms with E-state index in [0.29, 0.717) is 25.9 Å². The highest BCUT2D eigenvalue weighted by Gasteiger charge is 2.27. The van der Waals surface area contributed by atoms with E-state index in [0.717, 1.165) is 23.3 Å². The topological polar surface area (TPSA) is 40.6 Å². The summed E-state index contributed by atoms with van der Waals surface area (Å²) in [6, 6.07) is 9.67. The van der Waals surface area contributed by atoms with Gasteiger partial charge < -0.3 is 9.80 Å². The molecule has 2 amide bonds. The molecule has 0 N–H and O–H groups in total. The lowest BCUT2D eigenvalue weighted by molar-refractivity contribution is -0.132. The molecule has 1 aliphatic heterocycles. The molecule has 1 heterocycles. The van der Waals surface area contributed by atoms with Gasteiger partial charge in [-0.05, 0) is 31.0 Å². The molecule has 0 atom stereocenters. The van der Waals surface area contributed by atoms with E-state index >= 15 is 0 Å². The summed E-state index contributed by atoms with van der Waals surface area (Å²) >= 11 is 0. The Morgan fingerprint density at radius 3 is 2.11 bits per heavy atom. The van der Waals surface area contributed by atoms with Gasteiger partial charge in [0.2, 0.25) is 5.91 Å². The summed E-state index contributed by atoms with van der Waals surface area (Å²) in [4.78, 5) is 27.8. The number of carbonyl (C=O) groups excluding carboxylic acids is 2. The fourth-order valence-electron chi connectivity index (χ4n) is 3.18. The maximum Gasteiger partial charge on any atom is 0.257 e. The van der Waals surface area contributed by atoms with Gasteiger partial charge in [-0.3, -0.25) is 9.59 Å². The zero-order valence-corrected chi connectivity index (χ0v) is 15.6. The first-order chi connectivity index (χ1) is 13.4. The van der Waals surface area contributed by atoms with E-state index in [2.05, 4.69) is 0 Å². The van der Waals surface area contributed by atoms with Crippen molar-refractivity contribution in [1.82, 2.24) is 9.80 Å². The van der Waals surface area contributed by atoms with Crippen LogP contribution < -0.4 is 0 Å². The molecule has 0 bridgehead atoms. The van der Waals surface area contributed by atoms with Gasteiger partial charge in [0.25, 0.3) is 5.91 Å². The van der Waals surface area contributed by atoms with Gasteiger partial charge in [-0.15, -0.1) is 0 Å². The third kappa shape index (κ3) is 4.35. The normalized spacial score (nSPS) is 14.3.